The molecule has 1 heterocycles. The summed E-state index contributed by atoms with van der Waals surface area (Å²) >= 11 is 0. The van der Waals surface area contributed by atoms with E-state index >= 15 is 0 Å². The molecule has 0 aliphatic carbocycles. The van der Waals surface area contributed by atoms with Crippen LogP contribution >= 0.6 is 0 Å². The second-order valence-electron chi connectivity index (χ2n) is 5.06. The normalized spacial score (nSPS) is 13.7. The number of rotatable bonds is 5. The van der Waals surface area contributed by atoms with Gasteiger partial charge in [0.1, 0.15) is 17.4 Å². The van der Waals surface area contributed by atoms with Gasteiger partial charge in [-0.15, -0.1) is 0 Å². The molecule has 0 bridgehead atoms. The lowest BCUT2D eigenvalue weighted by molar-refractivity contribution is 0.0509. The zero-order chi connectivity index (χ0) is 15.5. The fraction of sp³-hybridized carbons (Fsp3) is 0.267. The quantitative estimate of drug-likeness (QED) is 0.889. The minimum absolute atomic E-state index is 0.0939. The van der Waals surface area contributed by atoms with E-state index in [1.54, 1.807) is 12.1 Å². The van der Waals surface area contributed by atoms with E-state index in [2.05, 4.69) is 5.32 Å². The summed E-state index contributed by atoms with van der Waals surface area (Å²) in [5.41, 5.74) is -1.52. The van der Waals surface area contributed by atoms with Gasteiger partial charge in [-0.1, -0.05) is 0 Å². The first-order chi connectivity index (χ1) is 9.87. The summed E-state index contributed by atoms with van der Waals surface area (Å²) in [5.74, 6) is -1.85. The third-order valence-electron chi connectivity index (χ3n) is 2.94. The minimum atomic E-state index is -1.25. The summed E-state index contributed by atoms with van der Waals surface area (Å²) in [5, 5.41) is 12.6. The van der Waals surface area contributed by atoms with E-state index in [0.29, 0.717) is 11.8 Å². The Morgan fingerprint density at radius 3 is 2.76 bits per heavy atom. The van der Waals surface area contributed by atoms with Crippen LogP contribution in [0.3, 0.4) is 0 Å². The monoisotopic (exact) mass is 295 g/mol. The maximum absolute atomic E-state index is 13.4. The van der Waals surface area contributed by atoms with Gasteiger partial charge in [0, 0.05) is 19.0 Å². The number of furan rings is 1. The third-order valence-corrected chi connectivity index (χ3v) is 2.94. The average molecular weight is 295 g/mol. The molecule has 0 fully saturated rings. The molecule has 4 nitrogen and oxygen atoms in total. The number of aliphatic hydroxyl groups is 1. The highest BCUT2D eigenvalue weighted by Gasteiger charge is 2.24. The average Bonchev–Trinajstić information content (AvgIpc) is 2.88. The predicted octanol–water partition coefficient (Wildman–Crippen LogP) is 2.28. The Morgan fingerprint density at radius 1 is 1.38 bits per heavy atom. The van der Waals surface area contributed by atoms with Gasteiger partial charge in [-0.05, 0) is 31.2 Å². The smallest absolute Gasteiger partial charge is 0.254 e. The summed E-state index contributed by atoms with van der Waals surface area (Å²) in [6.07, 6.45) is 1.68. The van der Waals surface area contributed by atoms with Crippen LogP contribution in [0.5, 0.6) is 0 Å². The number of benzene rings is 1. The molecule has 21 heavy (non-hydrogen) atoms. The topological polar surface area (TPSA) is 62.5 Å². The molecule has 1 unspecified atom stereocenters. The second kappa shape index (κ2) is 6.05. The summed E-state index contributed by atoms with van der Waals surface area (Å²) in [4.78, 5) is 11.8. The van der Waals surface area contributed by atoms with Crippen LogP contribution in [-0.4, -0.2) is 23.2 Å². The first-order valence-corrected chi connectivity index (χ1v) is 6.35. The molecule has 0 saturated carbocycles. The van der Waals surface area contributed by atoms with Crippen molar-refractivity contribution in [1.29, 1.82) is 0 Å². The largest absolute Gasteiger partial charge is 0.469 e. The van der Waals surface area contributed by atoms with Crippen molar-refractivity contribution in [3.8, 4) is 0 Å². The molecular formula is C15H15F2NO3. The number of amides is 1. The maximum Gasteiger partial charge on any atom is 0.254 e. The van der Waals surface area contributed by atoms with Gasteiger partial charge in [0.25, 0.3) is 5.91 Å². The highest BCUT2D eigenvalue weighted by Crippen LogP contribution is 2.14. The molecule has 2 rings (SSSR count). The SMILES string of the molecule is CC(O)(CNC(=O)c1ccc(F)cc1F)Cc1ccco1. The molecule has 0 aliphatic rings. The van der Waals surface area contributed by atoms with Crippen molar-refractivity contribution in [3.05, 3.63) is 59.6 Å². The molecular weight excluding hydrogens is 280 g/mol. The number of nitrogens with one attached hydrogen (secondary N) is 1. The van der Waals surface area contributed by atoms with E-state index in [-0.39, 0.29) is 18.5 Å². The molecule has 0 spiro atoms. The highest BCUT2D eigenvalue weighted by atomic mass is 19.1. The summed E-state index contributed by atoms with van der Waals surface area (Å²) in [6.45, 7) is 1.43. The molecule has 112 valence electrons. The van der Waals surface area contributed by atoms with Gasteiger partial charge >= 0.3 is 0 Å². The van der Waals surface area contributed by atoms with E-state index in [1.807, 2.05) is 0 Å². The Labute approximate surface area is 120 Å². The van der Waals surface area contributed by atoms with Crippen molar-refractivity contribution in [3.63, 3.8) is 0 Å². The fourth-order valence-corrected chi connectivity index (χ4v) is 1.89. The first-order valence-electron chi connectivity index (χ1n) is 6.35. The van der Waals surface area contributed by atoms with Crippen LogP contribution in [0.2, 0.25) is 0 Å². The Morgan fingerprint density at radius 2 is 2.14 bits per heavy atom. The Bertz CT molecular complexity index is 624. The van der Waals surface area contributed by atoms with E-state index in [9.17, 15) is 18.7 Å². The lowest BCUT2D eigenvalue weighted by atomic mass is 10.0. The van der Waals surface area contributed by atoms with Crippen LogP contribution in [0.1, 0.15) is 23.0 Å². The van der Waals surface area contributed by atoms with Gasteiger partial charge in [0.05, 0.1) is 17.4 Å². The third kappa shape index (κ3) is 4.13. The molecule has 6 heteroatoms. The lowest BCUT2D eigenvalue weighted by Crippen LogP contribution is -2.42. The van der Waals surface area contributed by atoms with Crippen molar-refractivity contribution in [2.45, 2.75) is 18.9 Å². The zero-order valence-corrected chi connectivity index (χ0v) is 11.4. The van der Waals surface area contributed by atoms with Crippen LogP contribution in [0.25, 0.3) is 0 Å². The second-order valence-corrected chi connectivity index (χ2v) is 5.06. The van der Waals surface area contributed by atoms with Gasteiger partial charge in [-0.25, -0.2) is 8.78 Å². The van der Waals surface area contributed by atoms with Gasteiger partial charge in [0.2, 0.25) is 0 Å². The fourth-order valence-electron chi connectivity index (χ4n) is 1.89. The van der Waals surface area contributed by atoms with Crippen molar-refractivity contribution < 1.29 is 23.1 Å². The van der Waals surface area contributed by atoms with E-state index in [4.69, 9.17) is 4.42 Å². The minimum Gasteiger partial charge on any atom is -0.469 e. The molecule has 0 aliphatic heterocycles. The first kappa shape index (κ1) is 15.2. The van der Waals surface area contributed by atoms with E-state index in [0.717, 1.165) is 12.1 Å². The molecule has 1 aromatic heterocycles. The van der Waals surface area contributed by atoms with Crippen LogP contribution in [0.15, 0.2) is 41.0 Å². The summed E-state index contributed by atoms with van der Waals surface area (Å²) in [7, 11) is 0. The van der Waals surface area contributed by atoms with Crippen LogP contribution in [-0.2, 0) is 6.42 Å². The van der Waals surface area contributed by atoms with Crippen LogP contribution < -0.4 is 5.32 Å². The molecule has 1 atom stereocenters. The van der Waals surface area contributed by atoms with Crippen LogP contribution in [0, 0.1) is 11.6 Å². The van der Waals surface area contributed by atoms with Crippen molar-refractivity contribution in [1.82, 2.24) is 5.32 Å². The van der Waals surface area contributed by atoms with Crippen molar-refractivity contribution in [2.24, 2.45) is 0 Å². The summed E-state index contributed by atoms with van der Waals surface area (Å²) in [6, 6.07) is 6.09. The zero-order valence-electron chi connectivity index (χ0n) is 11.4. The van der Waals surface area contributed by atoms with Crippen LogP contribution in [0.4, 0.5) is 8.78 Å². The van der Waals surface area contributed by atoms with Gasteiger partial charge in [0.15, 0.2) is 0 Å². The van der Waals surface area contributed by atoms with Gasteiger partial charge < -0.3 is 14.8 Å². The summed E-state index contributed by atoms with van der Waals surface area (Å²) < 4.78 is 31.3. The number of carbonyl (C=O) groups is 1. The predicted molar refractivity (Wildman–Crippen MR) is 71.7 cm³/mol. The number of hydrogen-bond donors (Lipinski definition) is 2. The number of halogens is 2. The molecule has 0 saturated heterocycles. The van der Waals surface area contributed by atoms with E-state index in [1.165, 1.54) is 13.2 Å². The molecule has 1 aromatic carbocycles. The maximum atomic E-state index is 13.4. The Balaban J connectivity index is 1.96. The highest BCUT2D eigenvalue weighted by molar-refractivity contribution is 5.94. The van der Waals surface area contributed by atoms with Crippen molar-refractivity contribution >= 4 is 5.91 Å². The standard InChI is InChI=1S/C15H15F2NO3/c1-15(20,8-11-3-2-6-21-11)9-18-14(19)12-5-4-10(16)7-13(12)17/h2-7,20H,8-9H2,1H3,(H,18,19). The molecule has 2 aromatic rings. The number of carbonyl (C=O) groups excluding carboxylic acids is 1. The molecule has 1 amide bonds. The van der Waals surface area contributed by atoms with Crippen molar-refractivity contribution in [2.75, 3.05) is 6.54 Å². The lowest BCUT2D eigenvalue weighted by Gasteiger charge is -2.22. The molecule has 2 N–H and O–H groups in total. The number of hydrogen-bond acceptors (Lipinski definition) is 3. The Kier molecular flexibility index (Phi) is 4.37. The van der Waals surface area contributed by atoms with Gasteiger partial charge in [-0.2, -0.15) is 0 Å². The Hall–Kier alpha value is -2.21. The van der Waals surface area contributed by atoms with E-state index < -0.39 is 23.1 Å². The van der Waals surface area contributed by atoms with Gasteiger partial charge in [-0.3, -0.25) is 4.79 Å². The molecule has 0 radical (unpaired) electrons.